The summed E-state index contributed by atoms with van der Waals surface area (Å²) >= 11 is 1.54. The van der Waals surface area contributed by atoms with E-state index in [1.54, 1.807) is 17.8 Å². The van der Waals surface area contributed by atoms with Crippen LogP contribution in [-0.4, -0.2) is 55.4 Å². The molecular formula is C22H31N3O5S. The molecule has 1 rings (SSSR count). The summed E-state index contributed by atoms with van der Waals surface area (Å²) in [5, 5.41) is 7.72. The third kappa shape index (κ3) is 9.69. The monoisotopic (exact) mass is 449 g/mol. The second-order valence-corrected chi connectivity index (χ2v) is 8.16. The Balaban J connectivity index is 3.00. The number of esters is 1. The minimum absolute atomic E-state index is 0.0174. The molecule has 0 bridgehead atoms. The lowest BCUT2D eigenvalue weighted by molar-refractivity contribution is -0.144. The molecule has 0 saturated heterocycles. The quantitative estimate of drug-likeness (QED) is 0.238. The molecule has 0 saturated carbocycles. The number of nitrogens with one attached hydrogen (secondary N) is 3. The molecule has 3 N–H and O–H groups in total. The molecule has 0 spiro atoms. The molecule has 0 aliphatic carbocycles. The fourth-order valence-corrected chi connectivity index (χ4v) is 3.23. The molecule has 3 amide bonds. The lowest BCUT2D eigenvalue weighted by atomic mass is 10.1. The first-order valence-corrected chi connectivity index (χ1v) is 11.4. The number of allylic oxidation sites excluding steroid dienone is 1. The van der Waals surface area contributed by atoms with Crippen LogP contribution in [0.5, 0.6) is 0 Å². The Morgan fingerprint density at radius 2 is 1.81 bits per heavy atom. The van der Waals surface area contributed by atoms with E-state index in [1.165, 1.54) is 7.11 Å². The zero-order valence-electron chi connectivity index (χ0n) is 18.3. The molecule has 8 nitrogen and oxygen atoms in total. The highest BCUT2D eigenvalue weighted by atomic mass is 32.2. The van der Waals surface area contributed by atoms with E-state index in [9.17, 15) is 19.2 Å². The van der Waals surface area contributed by atoms with Crippen molar-refractivity contribution in [2.45, 2.75) is 38.8 Å². The van der Waals surface area contributed by atoms with E-state index in [-0.39, 0.29) is 18.0 Å². The van der Waals surface area contributed by atoms with Crippen molar-refractivity contribution in [3.8, 4) is 0 Å². The maximum absolute atomic E-state index is 12.9. The van der Waals surface area contributed by atoms with E-state index >= 15 is 0 Å². The Kier molecular flexibility index (Phi) is 12.0. The fourth-order valence-electron chi connectivity index (χ4n) is 2.76. The molecule has 1 aromatic carbocycles. The summed E-state index contributed by atoms with van der Waals surface area (Å²) < 4.78 is 4.83. The molecule has 0 heterocycles. The minimum Gasteiger partial charge on any atom is -0.467 e. The second kappa shape index (κ2) is 14.2. The van der Waals surface area contributed by atoms with Crippen molar-refractivity contribution in [2.75, 3.05) is 19.1 Å². The van der Waals surface area contributed by atoms with Gasteiger partial charge in [-0.2, -0.15) is 11.8 Å². The zero-order chi connectivity index (χ0) is 23.2. The SMILES string of the molecule is COC(=O)[C@H](Cc1ccccc1)NC(=O)/C(=C/C(C)C)NC(=O)[C@H](CCSC)NC=O. The number of carbonyl (C=O) groups excluding carboxylic acids is 4. The van der Waals surface area contributed by atoms with Crippen LogP contribution in [0, 0.1) is 5.92 Å². The van der Waals surface area contributed by atoms with E-state index < -0.39 is 29.9 Å². The van der Waals surface area contributed by atoms with Crippen LogP contribution < -0.4 is 16.0 Å². The summed E-state index contributed by atoms with van der Waals surface area (Å²) in [7, 11) is 1.25. The third-order valence-electron chi connectivity index (χ3n) is 4.27. The van der Waals surface area contributed by atoms with E-state index in [0.717, 1.165) is 5.56 Å². The highest BCUT2D eigenvalue weighted by molar-refractivity contribution is 7.98. The molecule has 0 fully saturated rings. The first kappa shape index (κ1) is 26.2. The van der Waals surface area contributed by atoms with Gasteiger partial charge in [0.25, 0.3) is 5.91 Å². The minimum atomic E-state index is -0.923. The van der Waals surface area contributed by atoms with Crippen LogP contribution in [0.4, 0.5) is 0 Å². The van der Waals surface area contributed by atoms with E-state index in [4.69, 9.17) is 4.74 Å². The van der Waals surface area contributed by atoms with Gasteiger partial charge in [0, 0.05) is 6.42 Å². The highest BCUT2D eigenvalue weighted by Crippen LogP contribution is 2.08. The van der Waals surface area contributed by atoms with Gasteiger partial charge in [0.15, 0.2) is 0 Å². The van der Waals surface area contributed by atoms with Gasteiger partial charge in [0.1, 0.15) is 17.8 Å². The Bertz CT molecular complexity index is 768. The molecule has 0 radical (unpaired) electrons. The van der Waals surface area contributed by atoms with Crippen LogP contribution >= 0.6 is 11.8 Å². The van der Waals surface area contributed by atoms with Crippen LogP contribution in [-0.2, 0) is 30.3 Å². The van der Waals surface area contributed by atoms with E-state index in [1.807, 2.05) is 50.4 Å². The molecule has 2 atom stereocenters. The van der Waals surface area contributed by atoms with Crippen molar-refractivity contribution in [3.63, 3.8) is 0 Å². The van der Waals surface area contributed by atoms with E-state index in [0.29, 0.717) is 18.6 Å². The molecule has 0 unspecified atom stereocenters. The summed E-state index contributed by atoms with van der Waals surface area (Å²) in [4.78, 5) is 48.7. The normalized spacial score (nSPS) is 13.1. The molecule has 0 aliphatic rings. The molecule has 170 valence electrons. The number of amides is 3. The van der Waals surface area contributed by atoms with Crippen LogP contribution in [0.2, 0.25) is 0 Å². The number of carbonyl (C=O) groups is 4. The van der Waals surface area contributed by atoms with Gasteiger partial charge in [-0.15, -0.1) is 0 Å². The van der Waals surface area contributed by atoms with Crippen LogP contribution in [0.1, 0.15) is 25.8 Å². The standard InChI is InChI=1S/C22H31N3O5S/c1-15(2)12-18(24-20(27)17(23-14-26)10-11-31-4)21(28)25-19(22(29)30-3)13-16-8-6-5-7-9-16/h5-9,12,14-15,17,19H,10-11,13H2,1-4H3,(H,23,26)(H,24,27)(H,25,28)/b18-12-/t17-,19-/m0/s1. The maximum atomic E-state index is 12.9. The molecule has 0 aliphatic heterocycles. The van der Waals surface area contributed by atoms with Gasteiger partial charge in [-0.05, 0) is 29.9 Å². The average Bonchev–Trinajstić information content (AvgIpc) is 2.75. The number of hydrogen-bond donors (Lipinski definition) is 3. The molecule has 0 aromatic heterocycles. The number of thioether (sulfide) groups is 1. The topological polar surface area (TPSA) is 114 Å². The van der Waals surface area contributed by atoms with Crippen LogP contribution in [0.25, 0.3) is 0 Å². The van der Waals surface area contributed by atoms with Crippen molar-refractivity contribution in [2.24, 2.45) is 5.92 Å². The van der Waals surface area contributed by atoms with Gasteiger partial charge in [-0.1, -0.05) is 50.3 Å². The Labute approximate surface area is 187 Å². The largest absolute Gasteiger partial charge is 0.467 e. The smallest absolute Gasteiger partial charge is 0.328 e. The van der Waals surface area contributed by atoms with Gasteiger partial charge < -0.3 is 20.7 Å². The number of benzene rings is 1. The number of hydrogen-bond acceptors (Lipinski definition) is 6. The van der Waals surface area contributed by atoms with Gasteiger partial charge in [-0.3, -0.25) is 14.4 Å². The first-order chi connectivity index (χ1) is 14.8. The molecular weight excluding hydrogens is 418 g/mol. The first-order valence-electron chi connectivity index (χ1n) is 9.96. The Morgan fingerprint density at radius 1 is 1.13 bits per heavy atom. The fraction of sp³-hybridized carbons (Fsp3) is 0.455. The van der Waals surface area contributed by atoms with Crippen molar-refractivity contribution in [1.82, 2.24) is 16.0 Å². The Morgan fingerprint density at radius 3 is 2.35 bits per heavy atom. The van der Waals surface area contributed by atoms with Crippen LogP contribution in [0.3, 0.4) is 0 Å². The predicted octanol–water partition coefficient (Wildman–Crippen LogP) is 1.41. The van der Waals surface area contributed by atoms with Gasteiger partial charge in [-0.25, -0.2) is 4.79 Å². The maximum Gasteiger partial charge on any atom is 0.328 e. The zero-order valence-corrected chi connectivity index (χ0v) is 19.2. The molecule has 1 aromatic rings. The summed E-state index contributed by atoms with van der Waals surface area (Å²) in [5.74, 6) is -1.08. The summed E-state index contributed by atoms with van der Waals surface area (Å²) in [6.07, 6.45) is 4.61. The summed E-state index contributed by atoms with van der Waals surface area (Å²) in [6.45, 7) is 3.71. The van der Waals surface area contributed by atoms with Gasteiger partial charge >= 0.3 is 5.97 Å². The van der Waals surface area contributed by atoms with Gasteiger partial charge in [0.2, 0.25) is 12.3 Å². The lowest BCUT2D eigenvalue weighted by Crippen LogP contribution is -2.49. The highest BCUT2D eigenvalue weighted by Gasteiger charge is 2.26. The van der Waals surface area contributed by atoms with Crippen molar-refractivity contribution < 1.29 is 23.9 Å². The summed E-state index contributed by atoms with van der Waals surface area (Å²) in [6, 6.07) is 7.53. The molecule has 31 heavy (non-hydrogen) atoms. The van der Waals surface area contributed by atoms with Crippen molar-refractivity contribution in [1.29, 1.82) is 0 Å². The van der Waals surface area contributed by atoms with Crippen molar-refractivity contribution in [3.05, 3.63) is 47.7 Å². The van der Waals surface area contributed by atoms with Gasteiger partial charge in [0.05, 0.1) is 7.11 Å². The van der Waals surface area contributed by atoms with E-state index in [2.05, 4.69) is 16.0 Å². The average molecular weight is 450 g/mol. The second-order valence-electron chi connectivity index (χ2n) is 7.17. The third-order valence-corrected chi connectivity index (χ3v) is 4.92. The summed E-state index contributed by atoms with van der Waals surface area (Å²) in [5.41, 5.74) is 0.868. The lowest BCUT2D eigenvalue weighted by Gasteiger charge is -2.20. The number of rotatable bonds is 13. The van der Waals surface area contributed by atoms with Crippen molar-refractivity contribution >= 4 is 36.0 Å². The number of methoxy groups -OCH3 is 1. The Hall–Kier alpha value is -2.81. The predicted molar refractivity (Wildman–Crippen MR) is 121 cm³/mol. The molecule has 9 heteroatoms. The van der Waals surface area contributed by atoms with Crippen LogP contribution in [0.15, 0.2) is 42.1 Å². The number of ether oxygens (including phenoxy) is 1.